The average molecular weight is 393 g/mol. The summed E-state index contributed by atoms with van der Waals surface area (Å²) in [6.07, 6.45) is 6.23. The van der Waals surface area contributed by atoms with Crippen molar-refractivity contribution in [1.82, 2.24) is 25.1 Å². The summed E-state index contributed by atoms with van der Waals surface area (Å²) < 4.78 is 29.9. The molecule has 0 radical (unpaired) electrons. The van der Waals surface area contributed by atoms with E-state index in [1.165, 1.54) is 29.2 Å². The van der Waals surface area contributed by atoms with Gasteiger partial charge in [-0.25, -0.2) is 13.5 Å². The summed E-state index contributed by atoms with van der Waals surface area (Å²) in [7, 11) is 0. The number of benzene rings is 2. The highest BCUT2D eigenvalue weighted by atomic mass is 19.1. The first-order valence-electron chi connectivity index (χ1n) is 8.94. The van der Waals surface area contributed by atoms with Crippen LogP contribution in [0.25, 0.3) is 16.7 Å². The lowest BCUT2D eigenvalue weighted by Crippen LogP contribution is -2.27. The van der Waals surface area contributed by atoms with Gasteiger partial charge in [0.15, 0.2) is 0 Å². The van der Waals surface area contributed by atoms with Crippen molar-refractivity contribution in [2.75, 3.05) is 0 Å². The fraction of sp³-hybridized carbons (Fsp3) is 0.143. The van der Waals surface area contributed by atoms with E-state index in [1.807, 2.05) is 6.92 Å². The summed E-state index contributed by atoms with van der Waals surface area (Å²) in [4.78, 5) is 20.9. The number of nitrogens with one attached hydrogen (secondary N) is 1. The van der Waals surface area contributed by atoms with E-state index in [2.05, 4.69) is 20.4 Å². The number of halogens is 2. The highest BCUT2D eigenvalue weighted by Crippen LogP contribution is 2.22. The zero-order valence-electron chi connectivity index (χ0n) is 15.7. The Bertz CT molecular complexity index is 1220. The number of carbonyl (C=O) groups is 1. The molecule has 2 aromatic carbocycles. The number of fused-ring (bicyclic) bond motifs is 1. The molecule has 0 aliphatic rings. The van der Waals surface area contributed by atoms with Crippen LogP contribution in [0.4, 0.5) is 8.78 Å². The van der Waals surface area contributed by atoms with E-state index >= 15 is 0 Å². The Balaban J connectivity index is 1.59. The summed E-state index contributed by atoms with van der Waals surface area (Å²) in [6.45, 7) is 3.59. The van der Waals surface area contributed by atoms with Gasteiger partial charge in [0.25, 0.3) is 5.91 Å². The molecule has 1 N–H and O–H groups in total. The van der Waals surface area contributed by atoms with E-state index in [-0.39, 0.29) is 11.1 Å². The van der Waals surface area contributed by atoms with E-state index in [9.17, 15) is 13.6 Å². The van der Waals surface area contributed by atoms with Crippen LogP contribution in [-0.2, 0) is 0 Å². The molecule has 2 aromatic heterocycles. The van der Waals surface area contributed by atoms with Gasteiger partial charge in [-0.15, -0.1) is 0 Å². The zero-order valence-corrected chi connectivity index (χ0v) is 15.7. The molecule has 8 heteroatoms. The molecule has 2 heterocycles. The normalized spacial score (nSPS) is 12.1. The van der Waals surface area contributed by atoms with Gasteiger partial charge in [-0.3, -0.25) is 14.8 Å². The summed E-state index contributed by atoms with van der Waals surface area (Å²) in [5.41, 5.74) is 2.45. The summed E-state index contributed by atoms with van der Waals surface area (Å²) in [5.74, 6) is -1.57. The first-order valence-corrected chi connectivity index (χ1v) is 8.94. The molecule has 1 amide bonds. The van der Waals surface area contributed by atoms with Gasteiger partial charge < -0.3 is 5.32 Å². The molecular formula is C21H17F2N5O. The third-order valence-corrected chi connectivity index (χ3v) is 4.56. The maximum absolute atomic E-state index is 14.6. The van der Waals surface area contributed by atoms with Crippen molar-refractivity contribution in [2.24, 2.45) is 0 Å². The maximum atomic E-state index is 14.6. The minimum absolute atomic E-state index is 0.0732. The molecule has 1 atom stereocenters. The van der Waals surface area contributed by atoms with Crippen LogP contribution in [0.5, 0.6) is 0 Å². The van der Waals surface area contributed by atoms with Gasteiger partial charge in [0.05, 0.1) is 23.3 Å². The Hall–Kier alpha value is -3.68. The molecule has 0 unspecified atom stereocenters. The number of amides is 1. The van der Waals surface area contributed by atoms with Crippen LogP contribution in [0, 0.1) is 18.6 Å². The van der Waals surface area contributed by atoms with Crippen LogP contribution in [0.2, 0.25) is 0 Å². The molecule has 0 saturated heterocycles. The summed E-state index contributed by atoms with van der Waals surface area (Å²) in [5, 5.41) is 6.87. The van der Waals surface area contributed by atoms with Crippen molar-refractivity contribution < 1.29 is 13.6 Å². The molecule has 0 fully saturated rings. The number of rotatable bonds is 4. The largest absolute Gasteiger partial charge is 0.345 e. The quantitative estimate of drug-likeness (QED) is 0.571. The molecule has 4 aromatic rings. The highest BCUT2D eigenvalue weighted by Gasteiger charge is 2.18. The number of hydrogen-bond acceptors (Lipinski definition) is 4. The summed E-state index contributed by atoms with van der Waals surface area (Å²) in [6, 6.07) is 6.48. The number of aryl methyl sites for hydroxylation is 1. The Morgan fingerprint density at radius 2 is 1.93 bits per heavy atom. The fourth-order valence-electron chi connectivity index (χ4n) is 3.09. The lowest BCUT2D eigenvalue weighted by molar-refractivity contribution is 0.0941. The topological polar surface area (TPSA) is 72.7 Å². The van der Waals surface area contributed by atoms with Crippen molar-refractivity contribution in [1.29, 1.82) is 0 Å². The van der Waals surface area contributed by atoms with Gasteiger partial charge in [0.2, 0.25) is 0 Å². The van der Waals surface area contributed by atoms with Crippen molar-refractivity contribution in [3.05, 3.63) is 83.4 Å². The predicted octanol–water partition coefficient (Wildman–Crippen LogP) is 3.89. The molecule has 6 nitrogen and oxygen atoms in total. The van der Waals surface area contributed by atoms with Crippen LogP contribution in [-0.4, -0.2) is 25.7 Å². The Morgan fingerprint density at radius 3 is 2.66 bits per heavy atom. The SMILES string of the molecule is Cc1cnn(-c2ccc([C@@H](C)NC(=O)c3cc(F)cc4nccnc34)cc2F)c1. The van der Waals surface area contributed by atoms with Crippen LogP contribution >= 0.6 is 0 Å². The van der Waals surface area contributed by atoms with E-state index < -0.39 is 23.6 Å². The number of hydrogen-bond donors (Lipinski definition) is 1. The Morgan fingerprint density at radius 1 is 1.14 bits per heavy atom. The maximum Gasteiger partial charge on any atom is 0.254 e. The number of aromatic nitrogens is 4. The molecule has 0 saturated carbocycles. The second kappa shape index (κ2) is 7.38. The molecule has 146 valence electrons. The van der Waals surface area contributed by atoms with Gasteiger partial charge in [-0.2, -0.15) is 5.10 Å². The molecular weight excluding hydrogens is 376 g/mol. The smallest absolute Gasteiger partial charge is 0.254 e. The minimum atomic E-state index is -0.583. The van der Waals surface area contributed by atoms with Crippen molar-refractivity contribution in [2.45, 2.75) is 19.9 Å². The monoisotopic (exact) mass is 393 g/mol. The van der Waals surface area contributed by atoms with Crippen LogP contribution in [0.15, 0.2) is 55.1 Å². The van der Waals surface area contributed by atoms with Crippen molar-refractivity contribution in [3.63, 3.8) is 0 Å². The van der Waals surface area contributed by atoms with Crippen LogP contribution in [0.3, 0.4) is 0 Å². The predicted molar refractivity (Wildman–Crippen MR) is 104 cm³/mol. The second-order valence-corrected chi connectivity index (χ2v) is 6.75. The molecule has 0 bridgehead atoms. The summed E-state index contributed by atoms with van der Waals surface area (Å²) >= 11 is 0. The van der Waals surface area contributed by atoms with Gasteiger partial charge in [-0.05, 0) is 43.2 Å². The van der Waals surface area contributed by atoms with Gasteiger partial charge in [0.1, 0.15) is 22.8 Å². The van der Waals surface area contributed by atoms with Crippen LogP contribution < -0.4 is 5.32 Å². The van der Waals surface area contributed by atoms with Gasteiger partial charge in [0, 0.05) is 24.7 Å². The first kappa shape index (κ1) is 18.7. The van der Waals surface area contributed by atoms with Gasteiger partial charge in [-0.1, -0.05) is 6.07 Å². The Kier molecular flexibility index (Phi) is 4.75. The van der Waals surface area contributed by atoms with Gasteiger partial charge >= 0.3 is 0 Å². The van der Waals surface area contributed by atoms with E-state index in [0.29, 0.717) is 16.8 Å². The molecule has 4 rings (SSSR count). The zero-order chi connectivity index (χ0) is 20.5. The van der Waals surface area contributed by atoms with Crippen LogP contribution in [0.1, 0.15) is 34.5 Å². The lowest BCUT2D eigenvalue weighted by Gasteiger charge is -2.16. The lowest BCUT2D eigenvalue weighted by atomic mass is 10.1. The molecule has 0 aliphatic carbocycles. The third kappa shape index (κ3) is 3.69. The number of carbonyl (C=O) groups excluding carboxylic acids is 1. The van der Waals surface area contributed by atoms with E-state index in [4.69, 9.17) is 0 Å². The molecule has 29 heavy (non-hydrogen) atoms. The average Bonchev–Trinajstić information content (AvgIpc) is 3.13. The first-order chi connectivity index (χ1) is 13.9. The highest BCUT2D eigenvalue weighted by molar-refractivity contribution is 6.04. The third-order valence-electron chi connectivity index (χ3n) is 4.56. The fourth-order valence-corrected chi connectivity index (χ4v) is 3.09. The molecule has 0 aliphatic heterocycles. The van der Waals surface area contributed by atoms with Crippen molar-refractivity contribution in [3.8, 4) is 5.69 Å². The number of nitrogens with zero attached hydrogens (tertiary/aromatic N) is 4. The van der Waals surface area contributed by atoms with E-state index in [0.717, 1.165) is 11.6 Å². The van der Waals surface area contributed by atoms with E-state index in [1.54, 1.807) is 31.5 Å². The minimum Gasteiger partial charge on any atom is -0.345 e. The van der Waals surface area contributed by atoms with Crippen molar-refractivity contribution >= 4 is 16.9 Å². The Labute approximate surface area is 165 Å². The second-order valence-electron chi connectivity index (χ2n) is 6.75. The standard InChI is InChI=1S/C21H17F2N5O/c1-12-10-26-28(11-12)19-4-3-14(7-17(19)23)13(2)27-21(29)16-8-15(22)9-18-20(16)25-6-5-24-18/h3-11,13H,1-2H3,(H,27,29)/t13-/m1/s1. The molecule has 0 spiro atoms.